The third kappa shape index (κ3) is 4.96. The number of phenols is 1. The fourth-order valence-corrected chi connectivity index (χ4v) is 4.88. The van der Waals surface area contributed by atoms with Crippen LogP contribution >= 0.6 is 11.3 Å². The van der Waals surface area contributed by atoms with Crippen molar-refractivity contribution in [1.29, 1.82) is 0 Å². The molecule has 1 fully saturated rings. The number of benzene rings is 2. The van der Waals surface area contributed by atoms with E-state index in [0.717, 1.165) is 16.2 Å². The lowest BCUT2D eigenvalue weighted by Crippen LogP contribution is -2.29. The summed E-state index contributed by atoms with van der Waals surface area (Å²) in [6, 6.07) is 11.3. The molecular weight excluding hydrogens is 496 g/mol. The Morgan fingerprint density at radius 2 is 1.84 bits per heavy atom. The molecule has 0 saturated carbocycles. The first-order chi connectivity index (χ1) is 17.8. The molecule has 0 unspecified atom stereocenters. The van der Waals surface area contributed by atoms with Crippen molar-refractivity contribution in [2.24, 2.45) is 0 Å². The van der Waals surface area contributed by atoms with Gasteiger partial charge in [0, 0.05) is 5.56 Å². The lowest BCUT2D eigenvalue weighted by Gasteiger charge is -2.23. The number of aromatic nitrogens is 1. The number of nitrogens with zero attached hydrogens (tertiary/aromatic N) is 2. The van der Waals surface area contributed by atoms with Crippen molar-refractivity contribution < 1.29 is 34.1 Å². The SMILES string of the molecule is C=CCOc1ccc(C(O)=C2C(=O)C(=O)N(c3nc(C)c(C(=O)OCC)s3)[C@@H]2c2ccc(O)cc2)cc1. The number of phenolic OH excluding ortho intramolecular Hbond substituents is 1. The van der Waals surface area contributed by atoms with Crippen LogP contribution in [0.25, 0.3) is 5.76 Å². The number of carbonyl (C=O) groups excluding carboxylic acids is 3. The van der Waals surface area contributed by atoms with Gasteiger partial charge in [0.2, 0.25) is 0 Å². The van der Waals surface area contributed by atoms with Crippen LogP contribution in [0.1, 0.15) is 39.5 Å². The molecule has 4 rings (SSSR count). The van der Waals surface area contributed by atoms with Crippen LogP contribution in [0.3, 0.4) is 0 Å². The molecule has 2 heterocycles. The topological polar surface area (TPSA) is 126 Å². The van der Waals surface area contributed by atoms with Crippen molar-refractivity contribution in [2.45, 2.75) is 19.9 Å². The fourth-order valence-electron chi connectivity index (χ4n) is 3.89. The van der Waals surface area contributed by atoms with E-state index in [9.17, 15) is 24.6 Å². The summed E-state index contributed by atoms with van der Waals surface area (Å²) in [5, 5.41) is 21.1. The Labute approximate surface area is 216 Å². The Bertz CT molecular complexity index is 1390. The van der Waals surface area contributed by atoms with Crippen molar-refractivity contribution in [1.82, 2.24) is 4.98 Å². The molecule has 0 radical (unpaired) electrons. The molecule has 0 aliphatic carbocycles. The Morgan fingerprint density at radius 3 is 2.46 bits per heavy atom. The van der Waals surface area contributed by atoms with Crippen molar-refractivity contribution in [3.05, 3.63) is 88.5 Å². The molecule has 10 heteroatoms. The Morgan fingerprint density at radius 1 is 1.16 bits per heavy atom. The normalized spacial score (nSPS) is 16.6. The van der Waals surface area contributed by atoms with Crippen LogP contribution in [0.2, 0.25) is 0 Å². The number of Topliss-reactive ketones (excluding diaryl/α,β-unsaturated/α-hetero) is 1. The van der Waals surface area contributed by atoms with Gasteiger partial charge in [-0.3, -0.25) is 14.5 Å². The summed E-state index contributed by atoms with van der Waals surface area (Å²) in [5.74, 6) is -2.25. The van der Waals surface area contributed by atoms with Gasteiger partial charge in [-0.15, -0.1) is 0 Å². The third-order valence-electron chi connectivity index (χ3n) is 5.60. The number of aromatic hydroxyl groups is 1. The molecule has 1 saturated heterocycles. The van der Waals surface area contributed by atoms with Crippen LogP contribution < -0.4 is 9.64 Å². The van der Waals surface area contributed by atoms with E-state index in [4.69, 9.17) is 9.47 Å². The number of hydrogen-bond acceptors (Lipinski definition) is 9. The molecule has 0 bridgehead atoms. The molecule has 0 spiro atoms. The number of carbonyl (C=O) groups is 3. The van der Waals surface area contributed by atoms with Crippen LogP contribution in [-0.2, 0) is 14.3 Å². The molecule has 2 N–H and O–H groups in total. The third-order valence-corrected chi connectivity index (χ3v) is 6.74. The first-order valence-electron chi connectivity index (χ1n) is 11.3. The average molecular weight is 521 g/mol. The summed E-state index contributed by atoms with van der Waals surface area (Å²) in [6.45, 7) is 7.35. The molecule has 190 valence electrons. The van der Waals surface area contributed by atoms with Gasteiger partial charge in [-0.05, 0) is 55.8 Å². The van der Waals surface area contributed by atoms with E-state index in [1.165, 1.54) is 12.1 Å². The van der Waals surface area contributed by atoms with E-state index in [0.29, 0.717) is 29.2 Å². The summed E-state index contributed by atoms with van der Waals surface area (Å²) in [4.78, 5) is 44.7. The molecule has 2 aromatic carbocycles. The minimum Gasteiger partial charge on any atom is -0.508 e. The van der Waals surface area contributed by atoms with Crippen LogP contribution in [0.4, 0.5) is 5.13 Å². The van der Waals surface area contributed by atoms with Gasteiger partial charge in [-0.25, -0.2) is 9.78 Å². The number of thiazole rings is 1. The number of amides is 1. The number of ketones is 1. The van der Waals surface area contributed by atoms with Crippen LogP contribution in [0.5, 0.6) is 11.5 Å². The molecule has 1 amide bonds. The molecule has 37 heavy (non-hydrogen) atoms. The number of esters is 1. The Balaban J connectivity index is 1.84. The number of anilines is 1. The number of hydrogen-bond donors (Lipinski definition) is 2. The maximum Gasteiger partial charge on any atom is 0.350 e. The highest BCUT2D eigenvalue weighted by atomic mass is 32.1. The second-order valence-electron chi connectivity index (χ2n) is 8.02. The van der Waals surface area contributed by atoms with Gasteiger partial charge in [0.15, 0.2) is 5.13 Å². The van der Waals surface area contributed by atoms with E-state index in [1.807, 2.05) is 0 Å². The maximum absolute atomic E-state index is 13.3. The average Bonchev–Trinajstić information content (AvgIpc) is 3.40. The Kier molecular flexibility index (Phi) is 7.40. The largest absolute Gasteiger partial charge is 0.508 e. The fraction of sp³-hybridized carbons (Fsp3) is 0.185. The molecule has 3 aromatic rings. The molecule has 1 aliphatic heterocycles. The number of aliphatic hydroxyl groups excluding tert-OH is 1. The van der Waals surface area contributed by atoms with Gasteiger partial charge < -0.3 is 19.7 Å². The summed E-state index contributed by atoms with van der Waals surface area (Å²) in [5.41, 5.74) is 0.950. The predicted octanol–water partition coefficient (Wildman–Crippen LogP) is 4.52. The summed E-state index contributed by atoms with van der Waals surface area (Å²) < 4.78 is 10.5. The second-order valence-corrected chi connectivity index (χ2v) is 8.99. The predicted molar refractivity (Wildman–Crippen MR) is 138 cm³/mol. The summed E-state index contributed by atoms with van der Waals surface area (Å²) in [7, 11) is 0. The standard InChI is InChI=1S/C27H24N2O7S/c1-4-14-36-19-12-8-17(9-13-19)22(31)20-21(16-6-10-18(30)11-7-16)29(25(33)23(20)32)27-28-15(3)24(37-27)26(34)35-5-2/h4,6-13,21,30-31H,1,5,14H2,2-3H3/t21-/m1/s1. The summed E-state index contributed by atoms with van der Waals surface area (Å²) in [6.07, 6.45) is 1.60. The second kappa shape index (κ2) is 10.7. The van der Waals surface area contributed by atoms with Gasteiger partial charge in [-0.2, -0.15) is 0 Å². The first kappa shape index (κ1) is 25.6. The van der Waals surface area contributed by atoms with Gasteiger partial charge in [0.1, 0.15) is 28.7 Å². The van der Waals surface area contributed by atoms with E-state index in [1.54, 1.807) is 56.3 Å². The van der Waals surface area contributed by atoms with E-state index in [2.05, 4.69) is 11.6 Å². The molecular formula is C27H24N2O7S. The van der Waals surface area contributed by atoms with E-state index >= 15 is 0 Å². The number of aryl methyl sites for hydroxylation is 1. The van der Waals surface area contributed by atoms with Crippen LogP contribution in [0, 0.1) is 6.92 Å². The zero-order valence-electron chi connectivity index (χ0n) is 20.1. The van der Waals surface area contributed by atoms with Gasteiger partial charge in [-0.1, -0.05) is 36.1 Å². The van der Waals surface area contributed by atoms with E-state index in [-0.39, 0.29) is 33.7 Å². The lowest BCUT2D eigenvalue weighted by atomic mass is 9.95. The molecule has 9 nitrogen and oxygen atoms in total. The highest BCUT2D eigenvalue weighted by Gasteiger charge is 2.48. The summed E-state index contributed by atoms with van der Waals surface area (Å²) >= 11 is 0.920. The minimum absolute atomic E-state index is 0.00879. The maximum atomic E-state index is 13.3. The Hall–Kier alpha value is -4.44. The lowest BCUT2D eigenvalue weighted by molar-refractivity contribution is -0.132. The van der Waals surface area contributed by atoms with Gasteiger partial charge in [0.25, 0.3) is 5.78 Å². The molecule has 1 atom stereocenters. The van der Waals surface area contributed by atoms with Gasteiger partial charge >= 0.3 is 11.9 Å². The van der Waals surface area contributed by atoms with E-state index < -0.39 is 23.7 Å². The zero-order chi connectivity index (χ0) is 26.7. The van der Waals surface area contributed by atoms with Crippen molar-refractivity contribution in [2.75, 3.05) is 18.1 Å². The highest BCUT2D eigenvalue weighted by Crippen LogP contribution is 2.44. The van der Waals surface area contributed by atoms with Crippen molar-refractivity contribution in [3.8, 4) is 11.5 Å². The molecule has 1 aromatic heterocycles. The minimum atomic E-state index is -1.06. The first-order valence-corrected chi connectivity index (χ1v) is 12.2. The smallest absolute Gasteiger partial charge is 0.350 e. The van der Waals surface area contributed by atoms with Gasteiger partial charge in [0.05, 0.1) is 23.9 Å². The number of rotatable bonds is 8. The number of aliphatic hydroxyl groups is 1. The van der Waals surface area contributed by atoms with Crippen LogP contribution in [0.15, 0.2) is 66.8 Å². The molecule has 1 aliphatic rings. The van der Waals surface area contributed by atoms with Crippen molar-refractivity contribution in [3.63, 3.8) is 0 Å². The van der Waals surface area contributed by atoms with Crippen molar-refractivity contribution >= 4 is 39.9 Å². The number of ether oxygens (including phenoxy) is 2. The van der Waals surface area contributed by atoms with Crippen LogP contribution in [-0.4, -0.2) is 46.1 Å². The highest BCUT2D eigenvalue weighted by molar-refractivity contribution is 7.17. The zero-order valence-corrected chi connectivity index (χ0v) is 20.9. The quantitative estimate of drug-likeness (QED) is 0.146. The monoisotopic (exact) mass is 520 g/mol.